The van der Waals surface area contributed by atoms with Gasteiger partial charge in [0.1, 0.15) is 5.75 Å². The first-order valence-corrected chi connectivity index (χ1v) is 10.5. The molecule has 0 spiro atoms. The van der Waals surface area contributed by atoms with Gasteiger partial charge in [-0.1, -0.05) is 32.0 Å². The van der Waals surface area contributed by atoms with Crippen LogP contribution in [-0.2, 0) is 17.4 Å². The van der Waals surface area contributed by atoms with Crippen LogP contribution in [-0.4, -0.2) is 20.6 Å². The van der Waals surface area contributed by atoms with E-state index in [9.17, 15) is 9.36 Å². The molecule has 3 aromatic rings. The standard InChI is InChI=1S/C20H23N4O4P/c1-3-14-15(4-2)18(28-29(26)27)11-10-16(14)20(25)22-19-17(21)12-24(23-19)13-8-6-5-7-9-13/h5-12,29H,3-4,21H2,1-2H3,(H,26,27)(H,22,23,25). The van der Waals surface area contributed by atoms with Crippen LogP contribution in [0.25, 0.3) is 5.69 Å². The first-order chi connectivity index (χ1) is 13.9. The molecule has 1 atom stereocenters. The van der Waals surface area contributed by atoms with E-state index >= 15 is 0 Å². The molecular weight excluding hydrogens is 391 g/mol. The van der Waals surface area contributed by atoms with Crippen molar-refractivity contribution in [3.63, 3.8) is 0 Å². The maximum atomic E-state index is 12.9. The van der Waals surface area contributed by atoms with Gasteiger partial charge in [0.2, 0.25) is 0 Å². The Morgan fingerprint density at radius 2 is 1.86 bits per heavy atom. The van der Waals surface area contributed by atoms with Crippen LogP contribution in [0.1, 0.15) is 35.3 Å². The largest absolute Gasteiger partial charge is 0.426 e. The molecule has 1 aromatic heterocycles. The smallest absolute Gasteiger partial charge is 0.365 e. The Labute approximate surface area is 169 Å². The molecular formula is C20H23N4O4P. The van der Waals surface area contributed by atoms with Gasteiger partial charge < -0.3 is 20.5 Å². The summed E-state index contributed by atoms with van der Waals surface area (Å²) in [6, 6.07) is 12.6. The van der Waals surface area contributed by atoms with Gasteiger partial charge in [-0.05, 0) is 48.2 Å². The molecule has 0 aliphatic heterocycles. The number of aromatic nitrogens is 2. The number of nitrogens with zero attached hydrogens (tertiary/aromatic N) is 2. The van der Waals surface area contributed by atoms with Crippen molar-refractivity contribution in [1.29, 1.82) is 0 Å². The number of anilines is 2. The van der Waals surface area contributed by atoms with Crippen molar-refractivity contribution in [1.82, 2.24) is 9.78 Å². The molecule has 1 heterocycles. The molecule has 1 unspecified atom stereocenters. The number of para-hydroxylation sites is 1. The number of carbonyl (C=O) groups is 1. The molecule has 2 aromatic carbocycles. The summed E-state index contributed by atoms with van der Waals surface area (Å²) in [7, 11) is -3.13. The second-order valence-electron chi connectivity index (χ2n) is 6.31. The number of hydrogen-bond donors (Lipinski definition) is 3. The van der Waals surface area contributed by atoms with Crippen LogP contribution >= 0.6 is 8.25 Å². The van der Waals surface area contributed by atoms with Crippen LogP contribution in [0.4, 0.5) is 11.5 Å². The lowest BCUT2D eigenvalue weighted by Gasteiger charge is -2.16. The number of rotatable bonds is 7. The normalized spacial score (nSPS) is 11.8. The molecule has 9 heteroatoms. The van der Waals surface area contributed by atoms with E-state index in [-0.39, 0.29) is 11.7 Å². The van der Waals surface area contributed by atoms with Gasteiger partial charge in [0.25, 0.3) is 5.91 Å². The van der Waals surface area contributed by atoms with Crippen molar-refractivity contribution < 1.29 is 18.8 Å². The average molecular weight is 414 g/mol. The molecule has 0 bridgehead atoms. The monoisotopic (exact) mass is 414 g/mol. The van der Waals surface area contributed by atoms with E-state index in [0.717, 1.165) is 16.8 Å². The number of amides is 1. The highest BCUT2D eigenvalue weighted by Gasteiger charge is 2.19. The van der Waals surface area contributed by atoms with Crippen molar-refractivity contribution in [3.8, 4) is 11.4 Å². The highest BCUT2D eigenvalue weighted by Crippen LogP contribution is 2.32. The minimum atomic E-state index is -3.13. The number of hydrogen-bond acceptors (Lipinski definition) is 5. The summed E-state index contributed by atoms with van der Waals surface area (Å²) in [4.78, 5) is 22.0. The van der Waals surface area contributed by atoms with Gasteiger partial charge in [0.15, 0.2) is 5.82 Å². The summed E-state index contributed by atoms with van der Waals surface area (Å²) >= 11 is 0. The van der Waals surface area contributed by atoms with E-state index in [2.05, 4.69) is 10.4 Å². The van der Waals surface area contributed by atoms with E-state index in [1.165, 1.54) is 6.07 Å². The summed E-state index contributed by atoms with van der Waals surface area (Å²) in [5.74, 6) is 0.226. The molecule has 3 rings (SSSR count). The molecule has 0 saturated heterocycles. The fraction of sp³-hybridized carbons (Fsp3) is 0.200. The van der Waals surface area contributed by atoms with E-state index in [1.807, 2.05) is 44.2 Å². The van der Waals surface area contributed by atoms with Crippen molar-refractivity contribution in [2.24, 2.45) is 0 Å². The topological polar surface area (TPSA) is 119 Å². The van der Waals surface area contributed by atoms with Gasteiger partial charge in [-0.3, -0.25) is 4.79 Å². The molecule has 8 nitrogen and oxygen atoms in total. The molecule has 29 heavy (non-hydrogen) atoms. The first kappa shape index (κ1) is 20.6. The van der Waals surface area contributed by atoms with Crippen LogP contribution in [0.5, 0.6) is 5.75 Å². The highest BCUT2D eigenvalue weighted by molar-refractivity contribution is 7.32. The maximum Gasteiger partial charge on any atom is 0.365 e. The van der Waals surface area contributed by atoms with Gasteiger partial charge in [0, 0.05) is 5.56 Å². The van der Waals surface area contributed by atoms with Crippen molar-refractivity contribution in [3.05, 3.63) is 65.4 Å². The third-order valence-electron chi connectivity index (χ3n) is 4.53. The molecule has 0 aliphatic carbocycles. The van der Waals surface area contributed by atoms with Crippen molar-refractivity contribution >= 4 is 25.7 Å². The van der Waals surface area contributed by atoms with Gasteiger partial charge in [-0.2, -0.15) is 0 Å². The molecule has 0 fully saturated rings. The first-order valence-electron chi connectivity index (χ1n) is 9.22. The highest BCUT2D eigenvalue weighted by atomic mass is 31.1. The summed E-state index contributed by atoms with van der Waals surface area (Å²) in [5.41, 5.74) is 9.13. The summed E-state index contributed by atoms with van der Waals surface area (Å²) in [6.07, 6.45) is 2.75. The number of nitrogen functional groups attached to an aromatic ring is 1. The van der Waals surface area contributed by atoms with Crippen LogP contribution in [0.2, 0.25) is 0 Å². The number of nitrogens with two attached hydrogens (primary N) is 1. The van der Waals surface area contributed by atoms with Gasteiger partial charge in [-0.15, -0.1) is 5.10 Å². The molecule has 152 valence electrons. The van der Waals surface area contributed by atoms with Crippen LogP contribution in [0, 0.1) is 0 Å². The number of benzene rings is 2. The Kier molecular flexibility index (Phi) is 6.36. The van der Waals surface area contributed by atoms with Crippen molar-refractivity contribution in [2.75, 3.05) is 11.1 Å². The van der Waals surface area contributed by atoms with E-state index in [4.69, 9.17) is 15.2 Å². The third kappa shape index (κ3) is 4.50. The summed E-state index contributed by atoms with van der Waals surface area (Å²) in [6.45, 7) is 3.81. The number of carbonyl (C=O) groups excluding carboxylic acids is 1. The van der Waals surface area contributed by atoms with Crippen LogP contribution in [0.15, 0.2) is 48.7 Å². The maximum absolute atomic E-state index is 12.9. The lowest BCUT2D eigenvalue weighted by Crippen LogP contribution is -2.17. The lowest BCUT2D eigenvalue weighted by atomic mass is 9.95. The minimum Gasteiger partial charge on any atom is -0.426 e. The zero-order chi connectivity index (χ0) is 21.0. The van der Waals surface area contributed by atoms with Crippen LogP contribution < -0.4 is 15.6 Å². The van der Waals surface area contributed by atoms with Gasteiger partial charge >= 0.3 is 8.25 Å². The lowest BCUT2D eigenvalue weighted by molar-refractivity contribution is 0.102. The fourth-order valence-electron chi connectivity index (χ4n) is 3.24. The summed E-state index contributed by atoms with van der Waals surface area (Å²) in [5, 5.41) is 7.13. The molecule has 4 N–H and O–H groups in total. The Morgan fingerprint density at radius 3 is 2.48 bits per heavy atom. The van der Waals surface area contributed by atoms with E-state index < -0.39 is 8.25 Å². The zero-order valence-corrected chi connectivity index (χ0v) is 17.2. The summed E-state index contributed by atoms with van der Waals surface area (Å²) < 4.78 is 17.7. The van der Waals surface area contributed by atoms with Gasteiger partial charge in [0.05, 0.1) is 17.6 Å². The predicted molar refractivity (Wildman–Crippen MR) is 113 cm³/mol. The second kappa shape index (κ2) is 8.94. The Balaban J connectivity index is 1.91. The van der Waals surface area contributed by atoms with Crippen molar-refractivity contribution in [2.45, 2.75) is 26.7 Å². The fourth-order valence-corrected chi connectivity index (χ4v) is 3.62. The minimum absolute atomic E-state index is 0.264. The zero-order valence-electron chi connectivity index (χ0n) is 16.2. The molecule has 0 aliphatic rings. The Hall–Kier alpha value is -3.09. The Morgan fingerprint density at radius 1 is 1.17 bits per heavy atom. The number of nitrogens with one attached hydrogen (secondary N) is 1. The Bertz CT molecular complexity index is 1050. The van der Waals surface area contributed by atoms with E-state index in [1.54, 1.807) is 16.9 Å². The molecule has 0 radical (unpaired) electrons. The predicted octanol–water partition coefficient (Wildman–Crippen LogP) is 3.59. The molecule has 1 amide bonds. The van der Waals surface area contributed by atoms with Gasteiger partial charge in [-0.25, -0.2) is 9.25 Å². The van der Waals surface area contributed by atoms with E-state index in [0.29, 0.717) is 29.8 Å². The van der Waals surface area contributed by atoms with Crippen LogP contribution in [0.3, 0.4) is 0 Å². The third-order valence-corrected chi connectivity index (χ3v) is 4.93. The average Bonchev–Trinajstić information content (AvgIpc) is 3.08. The second-order valence-corrected chi connectivity index (χ2v) is 7.05. The SMILES string of the molecule is CCc1c(O[PH](=O)O)ccc(C(=O)Nc2nn(-c3ccccc3)cc2N)c1CC. The quantitative estimate of drug-likeness (QED) is 0.508. The molecule has 0 saturated carbocycles.